The first-order chi connectivity index (χ1) is 11.2. The second-order valence-electron chi connectivity index (χ2n) is 5.48. The van der Waals surface area contributed by atoms with Crippen molar-refractivity contribution in [3.05, 3.63) is 64.7 Å². The van der Waals surface area contributed by atoms with Gasteiger partial charge in [0.15, 0.2) is 0 Å². The van der Waals surface area contributed by atoms with Gasteiger partial charge in [-0.2, -0.15) is 0 Å². The summed E-state index contributed by atoms with van der Waals surface area (Å²) in [5.74, 6) is 0.745. The summed E-state index contributed by atoms with van der Waals surface area (Å²) in [7, 11) is 1.61. The Hall–Kier alpha value is -3.01. The first kappa shape index (κ1) is 13.6. The fraction of sp³-hybridized carbons (Fsp3) is 0.105. The molecule has 0 atom stereocenters. The Morgan fingerprint density at radius 2 is 1.78 bits per heavy atom. The van der Waals surface area contributed by atoms with Crippen LogP contribution in [-0.4, -0.2) is 7.11 Å². The van der Waals surface area contributed by atoms with Crippen molar-refractivity contribution in [1.29, 1.82) is 0 Å². The van der Waals surface area contributed by atoms with Gasteiger partial charge in [0.05, 0.1) is 18.9 Å². The number of methoxy groups -OCH3 is 1. The van der Waals surface area contributed by atoms with E-state index in [2.05, 4.69) is 0 Å². The molecule has 0 aliphatic heterocycles. The van der Waals surface area contributed by atoms with E-state index in [9.17, 15) is 4.79 Å². The van der Waals surface area contributed by atoms with E-state index in [1.165, 1.54) is 0 Å². The third-order valence-electron chi connectivity index (χ3n) is 4.02. The van der Waals surface area contributed by atoms with Crippen molar-refractivity contribution in [2.24, 2.45) is 0 Å². The number of hydrogen-bond donors (Lipinski definition) is 0. The van der Waals surface area contributed by atoms with E-state index in [1.54, 1.807) is 19.4 Å². The quantitative estimate of drug-likeness (QED) is 0.511. The van der Waals surface area contributed by atoms with E-state index in [-0.39, 0.29) is 5.63 Å². The summed E-state index contributed by atoms with van der Waals surface area (Å²) in [6.07, 6.45) is 1.70. The van der Waals surface area contributed by atoms with Crippen LogP contribution in [0.3, 0.4) is 0 Å². The van der Waals surface area contributed by atoms with Gasteiger partial charge in [0.25, 0.3) is 0 Å². The van der Waals surface area contributed by atoms with Gasteiger partial charge in [0, 0.05) is 16.8 Å². The molecule has 0 amide bonds. The Labute approximate surface area is 131 Å². The predicted molar refractivity (Wildman–Crippen MR) is 89.0 cm³/mol. The second-order valence-corrected chi connectivity index (χ2v) is 5.48. The van der Waals surface area contributed by atoms with Gasteiger partial charge in [-0.15, -0.1) is 0 Å². The summed E-state index contributed by atoms with van der Waals surface area (Å²) in [4.78, 5) is 12.3. The molecule has 114 valence electrons. The van der Waals surface area contributed by atoms with Crippen LogP contribution in [0.2, 0.25) is 0 Å². The highest BCUT2D eigenvalue weighted by Gasteiger charge is 2.11. The Bertz CT molecular complexity index is 1070. The standard InChI is InChI=1S/C19H14O4/c1-11-10-22-18-9-17-13(7-15(11)18)8-16(19(20)23-17)12-3-5-14(21-2)6-4-12/h3-10H,1-2H3. The van der Waals surface area contributed by atoms with Crippen LogP contribution < -0.4 is 10.4 Å². The van der Waals surface area contributed by atoms with E-state index in [4.69, 9.17) is 13.6 Å². The predicted octanol–water partition coefficient (Wildman–Crippen LogP) is 4.52. The first-order valence-corrected chi connectivity index (χ1v) is 7.26. The molecule has 0 bridgehead atoms. The van der Waals surface area contributed by atoms with Crippen LogP contribution in [0.5, 0.6) is 5.75 Å². The van der Waals surface area contributed by atoms with Gasteiger partial charge in [-0.3, -0.25) is 0 Å². The van der Waals surface area contributed by atoms with Gasteiger partial charge in [-0.1, -0.05) is 12.1 Å². The van der Waals surface area contributed by atoms with Gasteiger partial charge in [0.2, 0.25) is 0 Å². The minimum absolute atomic E-state index is 0.370. The summed E-state index contributed by atoms with van der Waals surface area (Å²) in [5.41, 5.74) is 3.25. The van der Waals surface area contributed by atoms with Crippen molar-refractivity contribution in [3.8, 4) is 16.9 Å². The molecule has 0 spiro atoms. The first-order valence-electron chi connectivity index (χ1n) is 7.26. The molecule has 0 aliphatic carbocycles. The molecule has 0 saturated heterocycles. The number of rotatable bonds is 2. The smallest absolute Gasteiger partial charge is 0.344 e. The lowest BCUT2D eigenvalue weighted by molar-refractivity contribution is 0.415. The lowest BCUT2D eigenvalue weighted by atomic mass is 10.0. The highest BCUT2D eigenvalue weighted by molar-refractivity contribution is 5.95. The Morgan fingerprint density at radius 1 is 1.00 bits per heavy atom. The molecule has 0 N–H and O–H groups in total. The molecule has 23 heavy (non-hydrogen) atoms. The second kappa shape index (κ2) is 5.02. The maximum atomic E-state index is 12.3. The molecule has 4 rings (SSSR count). The monoisotopic (exact) mass is 306 g/mol. The van der Waals surface area contributed by atoms with Crippen LogP contribution in [0.15, 0.2) is 62.4 Å². The molecule has 0 saturated carbocycles. The molecular weight excluding hydrogens is 292 g/mol. The molecule has 2 aromatic heterocycles. The summed E-state index contributed by atoms with van der Waals surface area (Å²) < 4.78 is 16.1. The average molecular weight is 306 g/mol. The molecule has 4 heteroatoms. The van der Waals surface area contributed by atoms with Gasteiger partial charge < -0.3 is 13.6 Å². The Balaban J connectivity index is 1.95. The molecule has 0 fully saturated rings. The molecule has 2 heterocycles. The zero-order chi connectivity index (χ0) is 16.0. The topological polar surface area (TPSA) is 52.6 Å². The number of furan rings is 1. The number of hydrogen-bond acceptors (Lipinski definition) is 4. The van der Waals surface area contributed by atoms with E-state index in [1.807, 2.05) is 43.3 Å². The van der Waals surface area contributed by atoms with Gasteiger partial charge in [0.1, 0.15) is 16.9 Å². The summed E-state index contributed by atoms with van der Waals surface area (Å²) in [5, 5.41) is 1.89. The third-order valence-corrected chi connectivity index (χ3v) is 4.02. The minimum atomic E-state index is -0.370. The van der Waals surface area contributed by atoms with E-state index in [0.717, 1.165) is 33.2 Å². The van der Waals surface area contributed by atoms with Crippen molar-refractivity contribution >= 4 is 21.9 Å². The summed E-state index contributed by atoms with van der Waals surface area (Å²) >= 11 is 0. The number of benzene rings is 2. The fourth-order valence-electron chi connectivity index (χ4n) is 2.74. The summed E-state index contributed by atoms with van der Waals surface area (Å²) in [6.45, 7) is 1.99. The normalized spacial score (nSPS) is 11.2. The molecule has 0 aliphatic rings. The maximum Gasteiger partial charge on any atom is 0.344 e. The van der Waals surface area contributed by atoms with Gasteiger partial charge >= 0.3 is 5.63 Å². The SMILES string of the molecule is COc1ccc(-c2cc3cc4c(C)coc4cc3oc2=O)cc1. The maximum absolute atomic E-state index is 12.3. The molecule has 2 aromatic carbocycles. The highest BCUT2D eigenvalue weighted by atomic mass is 16.5. The zero-order valence-corrected chi connectivity index (χ0v) is 12.8. The molecular formula is C19H14O4. The molecule has 0 radical (unpaired) electrons. The average Bonchev–Trinajstić information content (AvgIpc) is 2.93. The van der Waals surface area contributed by atoms with E-state index < -0.39 is 0 Å². The van der Waals surface area contributed by atoms with Gasteiger partial charge in [-0.25, -0.2) is 4.79 Å². The van der Waals surface area contributed by atoms with Crippen LogP contribution >= 0.6 is 0 Å². The molecule has 0 unspecified atom stereocenters. The zero-order valence-electron chi connectivity index (χ0n) is 12.8. The number of ether oxygens (including phenoxy) is 1. The van der Waals surface area contributed by atoms with Gasteiger partial charge in [-0.05, 0) is 42.3 Å². The number of fused-ring (bicyclic) bond motifs is 2. The van der Waals surface area contributed by atoms with Crippen molar-refractivity contribution in [2.75, 3.05) is 7.11 Å². The van der Waals surface area contributed by atoms with Crippen molar-refractivity contribution in [3.63, 3.8) is 0 Å². The highest BCUT2D eigenvalue weighted by Crippen LogP contribution is 2.28. The Kier molecular flexibility index (Phi) is 2.98. The van der Waals surface area contributed by atoms with Crippen LogP contribution in [0, 0.1) is 6.92 Å². The van der Waals surface area contributed by atoms with Crippen LogP contribution in [0.1, 0.15) is 5.56 Å². The minimum Gasteiger partial charge on any atom is -0.497 e. The van der Waals surface area contributed by atoms with E-state index in [0.29, 0.717) is 11.1 Å². The lowest BCUT2D eigenvalue weighted by Crippen LogP contribution is -2.02. The lowest BCUT2D eigenvalue weighted by Gasteiger charge is -2.04. The Morgan fingerprint density at radius 3 is 2.52 bits per heavy atom. The largest absolute Gasteiger partial charge is 0.497 e. The van der Waals surface area contributed by atoms with Crippen LogP contribution in [0.25, 0.3) is 33.1 Å². The molecule has 4 aromatic rings. The van der Waals surface area contributed by atoms with Crippen molar-refractivity contribution in [2.45, 2.75) is 6.92 Å². The number of aryl methyl sites for hydroxylation is 1. The fourth-order valence-corrected chi connectivity index (χ4v) is 2.74. The molecule has 4 nitrogen and oxygen atoms in total. The van der Waals surface area contributed by atoms with Crippen molar-refractivity contribution < 1.29 is 13.6 Å². The summed E-state index contributed by atoms with van der Waals surface area (Å²) in [6, 6.07) is 12.9. The van der Waals surface area contributed by atoms with Crippen molar-refractivity contribution in [1.82, 2.24) is 0 Å². The van der Waals surface area contributed by atoms with Crippen LogP contribution in [0.4, 0.5) is 0 Å². The van der Waals surface area contributed by atoms with Crippen LogP contribution in [-0.2, 0) is 0 Å². The third kappa shape index (κ3) is 2.19. The van der Waals surface area contributed by atoms with E-state index >= 15 is 0 Å².